The van der Waals surface area contributed by atoms with Crippen LogP contribution in [0.5, 0.6) is 0 Å². The first-order valence-electron chi connectivity index (χ1n) is 16.0. The van der Waals surface area contributed by atoms with E-state index in [0.29, 0.717) is 12.8 Å². The van der Waals surface area contributed by atoms with Crippen molar-refractivity contribution in [3.05, 3.63) is 48.6 Å². The van der Waals surface area contributed by atoms with Crippen molar-refractivity contribution in [1.29, 1.82) is 0 Å². The lowest BCUT2D eigenvalue weighted by Crippen LogP contribution is -2.47. The number of ketones is 1. The van der Waals surface area contributed by atoms with E-state index < -0.39 is 11.8 Å². The Kier molecular flexibility index (Phi) is 12.7. The highest BCUT2D eigenvalue weighted by atomic mass is 16.1. The highest BCUT2D eigenvalue weighted by Crippen LogP contribution is 2.48. The Morgan fingerprint density at radius 2 is 1.17 bits per heavy atom. The first-order chi connectivity index (χ1) is 20.6. The minimum Gasteiger partial charge on any atom is -0.317 e. The molecule has 2 aromatic heterocycles. The third kappa shape index (κ3) is 7.72. The Morgan fingerprint density at radius 3 is 1.48 bits per heavy atom. The molecule has 0 bridgehead atoms. The minimum atomic E-state index is -0.401. The smallest absolute Gasteiger partial charge is 0.140 e. The molecule has 9 nitrogen and oxygen atoms in total. The molecule has 0 saturated carbocycles. The molecule has 2 aliphatic rings. The van der Waals surface area contributed by atoms with Crippen LogP contribution in [0.25, 0.3) is 0 Å². The van der Waals surface area contributed by atoms with Crippen LogP contribution in [0.15, 0.2) is 37.2 Å². The number of aromatic nitrogens is 4. The average Bonchev–Trinajstić information content (AvgIpc) is 3.05. The maximum Gasteiger partial charge on any atom is 0.140 e. The van der Waals surface area contributed by atoms with Gasteiger partial charge in [-0.1, -0.05) is 26.7 Å². The molecular weight excluding hydrogens is 528 g/mol. The van der Waals surface area contributed by atoms with Crippen molar-refractivity contribution in [3.63, 3.8) is 0 Å². The van der Waals surface area contributed by atoms with Gasteiger partial charge in [0.2, 0.25) is 0 Å². The van der Waals surface area contributed by atoms with E-state index in [1.165, 1.54) is 12.7 Å². The number of aldehydes is 2. The fourth-order valence-corrected chi connectivity index (χ4v) is 7.70. The number of hydrogen-bond donors (Lipinski definition) is 2. The summed E-state index contributed by atoms with van der Waals surface area (Å²) in [6.45, 7) is 7.51. The van der Waals surface area contributed by atoms with Crippen LogP contribution in [-0.2, 0) is 14.4 Å². The van der Waals surface area contributed by atoms with Gasteiger partial charge in [-0.25, -0.2) is 19.9 Å². The van der Waals surface area contributed by atoms with E-state index in [-0.39, 0.29) is 41.3 Å². The van der Waals surface area contributed by atoms with Crippen LogP contribution >= 0.6 is 0 Å². The van der Waals surface area contributed by atoms with Crippen molar-refractivity contribution >= 4 is 18.4 Å². The molecule has 4 rings (SSSR count). The zero-order valence-electron chi connectivity index (χ0n) is 25.2. The third-order valence-electron chi connectivity index (χ3n) is 9.62. The van der Waals surface area contributed by atoms with E-state index in [1.54, 1.807) is 12.4 Å². The summed E-state index contributed by atoms with van der Waals surface area (Å²) < 4.78 is 0. The van der Waals surface area contributed by atoms with Crippen LogP contribution in [0.2, 0.25) is 0 Å². The summed E-state index contributed by atoms with van der Waals surface area (Å²) in [5.74, 6) is -1.79. The predicted octanol–water partition coefficient (Wildman–Crippen LogP) is 4.17. The summed E-state index contributed by atoms with van der Waals surface area (Å²) in [7, 11) is 0. The van der Waals surface area contributed by atoms with Gasteiger partial charge < -0.3 is 20.2 Å². The van der Waals surface area contributed by atoms with Gasteiger partial charge in [-0.05, 0) is 88.7 Å². The molecule has 2 N–H and O–H groups in total. The van der Waals surface area contributed by atoms with Crippen molar-refractivity contribution < 1.29 is 14.4 Å². The number of nitrogens with one attached hydrogen (secondary N) is 2. The Labute approximate surface area is 250 Å². The lowest BCUT2D eigenvalue weighted by atomic mass is 9.60. The minimum absolute atomic E-state index is 0.106. The summed E-state index contributed by atoms with van der Waals surface area (Å²) in [5, 5.41) is 6.93. The Bertz CT molecular complexity index is 1010. The van der Waals surface area contributed by atoms with Crippen LogP contribution in [0.1, 0.15) is 88.4 Å². The summed E-state index contributed by atoms with van der Waals surface area (Å²) in [5.41, 5.74) is 1.52. The SMILES string of the molecule is CCCC(C=O)C(c1ccncn1)C(C(=O)C(C1CCNCC1)C(c1ccncn1)C(C=O)CCC)C1CCNCC1. The van der Waals surface area contributed by atoms with Crippen LogP contribution in [-0.4, -0.2) is 64.5 Å². The van der Waals surface area contributed by atoms with E-state index in [2.05, 4.69) is 44.4 Å². The van der Waals surface area contributed by atoms with E-state index in [1.807, 2.05) is 12.1 Å². The molecule has 0 spiro atoms. The van der Waals surface area contributed by atoms with Crippen molar-refractivity contribution in [2.24, 2.45) is 35.5 Å². The van der Waals surface area contributed by atoms with E-state index in [4.69, 9.17) is 0 Å². The van der Waals surface area contributed by atoms with Gasteiger partial charge in [0.25, 0.3) is 0 Å². The molecule has 0 amide bonds. The molecule has 0 radical (unpaired) electrons. The highest BCUT2D eigenvalue weighted by molar-refractivity contribution is 5.87. The van der Waals surface area contributed by atoms with Gasteiger partial charge in [-0.15, -0.1) is 0 Å². The van der Waals surface area contributed by atoms with Gasteiger partial charge in [0.15, 0.2) is 0 Å². The fraction of sp³-hybridized carbons (Fsp3) is 0.667. The van der Waals surface area contributed by atoms with Crippen LogP contribution in [0.3, 0.4) is 0 Å². The van der Waals surface area contributed by atoms with Crippen molar-refractivity contribution in [3.8, 4) is 0 Å². The van der Waals surface area contributed by atoms with Gasteiger partial charge in [-0.2, -0.15) is 0 Å². The highest BCUT2D eigenvalue weighted by Gasteiger charge is 2.49. The second kappa shape index (κ2) is 16.7. The first-order valence-corrected chi connectivity index (χ1v) is 16.0. The van der Waals surface area contributed by atoms with Crippen LogP contribution in [0.4, 0.5) is 0 Å². The molecule has 6 unspecified atom stereocenters. The summed E-state index contributed by atoms with van der Waals surface area (Å²) >= 11 is 0. The van der Waals surface area contributed by atoms with Gasteiger partial charge in [-0.3, -0.25) is 4.79 Å². The Hall–Kier alpha value is -2.91. The topological polar surface area (TPSA) is 127 Å². The standard InChI is InChI=1S/C33H48N6O3/c1-3-5-25(19-40)29(27-11-17-36-21-38-27)31(23-7-13-34-14-8-23)33(42)32(24-9-15-35-16-10-24)30(26(20-41)6-4-2)28-12-18-37-22-39-28/h11-12,17-26,29-32,34-35H,3-10,13-16H2,1-2H3. The largest absolute Gasteiger partial charge is 0.317 e. The predicted molar refractivity (Wildman–Crippen MR) is 162 cm³/mol. The molecule has 2 fully saturated rings. The van der Waals surface area contributed by atoms with E-state index in [9.17, 15) is 9.59 Å². The summed E-state index contributed by atoms with van der Waals surface area (Å²) in [6.07, 6.45) is 15.1. The van der Waals surface area contributed by atoms with E-state index >= 15 is 4.79 Å². The molecule has 228 valence electrons. The van der Waals surface area contributed by atoms with Gasteiger partial charge >= 0.3 is 0 Å². The number of carbonyl (C=O) groups excluding carboxylic acids is 3. The number of piperidine rings is 2. The molecule has 2 saturated heterocycles. The second-order valence-corrected chi connectivity index (χ2v) is 12.1. The number of Topliss-reactive ketones (excluding diaryl/α,β-unsaturated/α-hetero) is 1. The quantitative estimate of drug-likeness (QED) is 0.283. The Balaban J connectivity index is 1.90. The zero-order chi connectivity index (χ0) is 29.7. The molecular formula is C33H48N6O3. The fourth-order valence-electron chi connectivity index (χ4n) is 7.70. The van der Waals surface area contributed by atoms with Gasteiger partial charge in [0.1, 0.15) is 31.0 Å². The summed E-state index contributed by atoms with van der Waals surface area (Å²) in [6, 6.07) is 3.76. The normalized spacial score (nSPS) is 21.0. The van der Waals surface area contributed by atoms with E-state index in [0.717, 1.165) is 88.7 Å². The second-order valence-electron chi connectivity index (χ2n) is 12.1. The molecule has 6 atom stereocenters. The van der Waals surface area contributed by atoms with Gasteiger partial charge in [0, 0.05) is 59.3 Å². The zero-order valence-corrected chi connectivity index (χ0v) is 25.2. The number of carbonyl (C=O) groups is 3. The number of rotatable bonds is 16. The summed E-state index contributed by atoms with van der Waals surface area (Å²) in [4.78, 5) is 58.7. The van der Waals surface area contributed by atoms with Crippen molar-refractivity contribution in [2.45, 2.75) is 77.0 Å². The average molecular weight is 577 g/mol. The van der Waals surface area contributed by atoms with Crippen molar-refractivity contribution in [1.82, 2.24) is 30.6 Å². The molecule has 9 heteroatoms. The molecule has 0 aromatic carbocycles. The first kappa shape index (κ1) is 32.0. The molecule has 0 aliphatic carbocycles. The lowest BCUT2D eigenvalue weighted by Gasteiger charge is -2.43. The lowest BCUT2D eigenvalue weighted by molar-refractivity contribution is -0.135. The van der Waals surface area contributed by atoms with Gasteiger partial charge in [0.05, 0.1) is 0 Å². The monoisotopic (exact) mass is 576 g/mol. The van der Waals surface area contributed by atoms with Crippen LogP contribution in [0, 0.1) is 35.5 Å². The molecule has 2 aromatic rings. The Morgan fingerprint density at radius 1 is 0.762 bits per heavy atom. The number of hydrogen-bond acceptors (Lipinski definition) is 9. The molecule has 2 aliphatic heterocycles. The molecule has 42 heavy (non-hydrogen) atoms. The molecule has 4 heterocycles. The van der Waals surface area contributed by atoms with Crippen molar-refractivity contribution in [2.75, 3.05) is 26.2 Å². The maximum atomic E-state index is 15.6. The maximum absolute atomic E-state index is 15.6. The van der Waals surface area contributed by atoms with Crippen LogP contribution < -0.4 is 10.6 Å². The third-order valence-corrected chi connectivity index (χ3v) is 9.62. The number of nitrogens with zero attached hydrogens (tertiary/aromatic N) is 4.